The van der Waals surface area contributed by atoms with E-state index < -0.39 is 0 Å². The van der Waals surface area contributed by atoms with Crippen LogP contribution in [0.3, 0.4) is 0 Å². The van der Waals surface area contributed by atoms with Gasteiger partial charge in [0.1, 0.15) is 11.6 Å². The lowest BCUT2D eigenvalue weighted by Crippen LogP contribution is -2.38. The van der Waals surface area contributed by atoms with E-state index in [1.165, 1.54) is 0 Å². The summed E-state index contributed by atoms with van der Waals surface area (Å²) in [7, 11) is 0. The Hall–Kier alpha value is -2.83. The van der Waals surface area contributed by atoms with Gasteiger partial charge in [0.05, 0.1) is 11.3 Å². The summed E-state index contributed by atoms with van der Waals surface area (Å²) < 4.78 is 2.04. The van der Waals surface area contributed by atoms with E-state index in [1.807, 2.05) is 47.5 Å². The zero-order valence-corrected chi connectivity index (χ0v) is 14.4. The fraction of sp³-hybridized carbons (Fsp3) is 0.389. The first-order valence-electron chi connectivity index (χ1n) is 8.52. The van der Waals surface area contributed by atoms with Gasteiger partial charge in [-0.25, -0.2) is 9.97 Å². The molecule has 0 N–H and O–H groups in total. The molecule has 0 saturated carbocycles. The lowest BCUT2D eigenvalue weighted by Gasteiger charge is -2.31. The van der Waals surface area contributed by atoms with Crippen molar-refractivity contribution < 1.29 is 4.79 Å². The van der Waals surface area contributed by atoms with Crippen LogP contribution in [0.15, 0.2) is 30.6 Å². The Morgan fingerprint density at radius 2 is 1.96 bits per heavy atom. The Morgan fingerprint density at radius 3 is 2.72 bits per heavy atom. The van der Waals surface area contributed by atoms with E-state index in [0.717, 1.165) is 30.0 Å². The molecular weight excluding hydrogens is 316 g/mol. The molecule has 0 spiro atoms. The maximum atomic E-state index is 12.8. The minimum absolute atomic E-state index is 0.0158. The second-order valence-corrected chi connectivity index (χ2v) is 6.47. The molecule has 4 rings (SSSR count). The Labute approximate surface area is 145 Å². The molecule has 1 fully saturated rings. The van der Waals surface area contributed by atoms with Crippen molar-refractivity contribution in [2.24, 2.45) is 0 Å². The molecule has 3 aromatic rings. The van der Waals surface area contributed by atoms with Gasteiger partial charge in [-0.05, 0) is 38.8 Å². The normalized spacial score (nSPS) is 15.7. The maximum absolute atomic E-state index is 12.8. The second kappa shape index (κ2) is 6.23. The highest BCUT2D eigenvalue weighted by Gasteiger charge is 2.28. The van der Waals surface area contributed by atoms with Crippen molar-refractivity contribution in [3.8, 4) is 0 Å². The monoisotopic (exact) mass is 336 g/mol. The van der Waals surface area contributed by atoms with Gasteiger partial charge in [0, 0.05) is 31.4 Å². The third-order valence-electron chi connectivity index (χ3n) is 4.82. The average molecular weight is 336 g/mol. The van der Waals surface area contributed by atoms with Crippen molar-refractivity contribution in [2.45, 2.75) is 32.6 Å². The summed E-state index contributed by atoms with van der Waals surface area (Å²) in [4.78, 5) is 23.1. The largest absolute Gasteiger partial charge is 0.338 e. The van der Waals surface area contributed by atoms with Crippen molar-refractivity contribution in [2.75, 3.05) is 13.1 Å². The molecule has 7 heteroatoms. The van der Waals surface area contributed by atoms with Crippen molar-refractivity contribution in [1.29, 1.82) is 0 Å². The summed E-state index contributed by atoms with van der Waals surface area (Å²) in [6.45, 7) is 5.10. The fourth-order valence-electron chi connectivity index (χ4n) is 3.44. The Kier molecular flexibility index (Phi) is 3.91. The standard InChI is InChI=1S/C18H20N6O/c1-12-15(11-19-13(2)20-12)18(25)23-9-6-14(7-10-23)17-22-21-16-5-3-4-8-24(16)17/h3-5,8,11,14H,6-7,9-10H2,1-2H3. The van der Waals surface area contributed by atoms with E-state index in [4.69, 9.17) is 0 Å². The number of pyridine rings is 1. The van der Waals surface area contributed by atoms with E-state index in [-0.39, 0.29) is 5.91 Å². The van der Waals surface area contributed by atoms with Gasteiger partial charge < -0.3 is 4.90 Å². The first-order chi connectivity index (χ1) is 12.1. The number of rotatable bonds is 2. The van der Waals surface area contributed by atoms with Crippen LogP contribution in [-0.4, -0.2) is 48.5 Å². The van der Waals surface area contributed by atoms with Crippen LogP contribution in [0, 0.1) is 13.8 Å². The van der Waals surface area contributed by atoms with E-state index in [1.54, 1.807) is 6.20 Å². The summed E-state index contributed by atoms with van der Waals surface area (Å²) in [5, 5.41) is 8.59. The summed E-state index contributed by atoms with van der Waals surface area (Å²) in [6.07, 6.45) is 5.40. The second-order valence-electron chi connectivity index (χ2n) is 6.47. The van der Waals surface area contributed by atoms with Crippen molar-refractivity contribution in [3.05, 3.63) is 53.5 Å². The van der Waals surface area contributed by atoms with Crippen LogP contribution in [0.2, 0.25) is 0 Å². The Balaban J connectivity index is 1.49. The molecule has 3 aromatic heterocycles. The quantitative estimate of drug-likeness (QED) is 0.717. The first-order valence-corrected chi connectivity index (χ1v) is 8.52. The predicted molar refractivity (Wildman–Crippen MR) is 92.4 cm³/mol. The highest BCUT2D eigenvalue weighted by molar-refractivity contribution is 5.95. The van der Waals surface area contributed by atoms with Gasteiger partial charge in [0.25, 0.3) is 5.91 Å². The Morgan fingerprint density at radius 1 is 1.16 bits per heavy atom. The minimum atomic E-state index is 0.0158. The molecule has 1 aliphatic rings. The van der Waals surface area contributed by atoms with Gasteiger partial charge in [-0.2, -0.15) is 0 Å². The zero-order valence-electron chi connectivity index (χ0n) is 14.4. The molecule has 4 heterocycles. The number of hydrogen-bond donors (Lipinski definition) is 0. The van der Waals surface area contributed by atoms with Crippen LogP contribution < -0.4 is 0 Å². The van der Waals surface area contributed by atoms with E-state index in [0.29, 0.717) is 30.4 Å². The molecule has 0 aliphatic carbocycles. The molecular formula is C18H20N6O. The van der Waals surface area contributed by atoms with Gasteiger partial charge >= 0.3 is 0 Å². The molecule has 25 heavy (non-hydrogen) atoms. The van der Waals surface area contributed by atoms with Gasteiger partial charge in [-0.3, -0.25) is 9.20 Å². The number of hydrogen-bond acceptors (Lipinski definition) is 5. The highest BCUT2D eigenvalue weighted by Crippen LogP contribution is 2.28. The SMILES string of the molecule is Cc1ncc(C(=O)N2CCC(c3nnc4ccccn34)CC2)c(C)n1. The van der Waals surface area contributed by atoms with Crippen LogP contribution in [0.4, 0.5) is 0 Å². The third kappa shape index (κ3) is 2.86. The number of aromatic nitrogens is 5. The van der Waals surface area contributed by atoms with Crippen LogP contribution in [0.5, 0.6) is 0 Å². The van der Waals surface area contributed by atoms with Crippen LogP contribution >= 0.6 is 0 Å². The van der Waals surface area contributed by atoms with E-state index >= 15 is 0 Å². The van der Waals surface area contributed by atoms with Crippen molar-refractivity contribution >= 4 is 11.6 Å². The van der Waals surface area contributed by atoms with Crippen LogP contribution in [0.25, 0.3) is 5.65 Å². The number of carbonyl (C=O) groups excluding carboxylic acids is 1. The zero-order chi connectivity index (χ0) is 17.4. The number of nitrogens with zero attached hydrogens (tertiary/aromatic N) is 6. The minimum Gasteiger partial charge on any atom is -0.338 e. The molecule has 0 atom stereocenters. The maximum Gasteiger partial charge on any atom is 0.257 e. The number of fused-ring (bicyclic) bond motifs is 1. The molecule has 1 aliphatic heterocycles. The lowest BCUT2D eigenvalue weighted by atomic mass is 9.95. The van der Waals surface area contributed by atoms with Gasteiger partial charge in [0.15, 0.2) is 5.65 Å². The predicted octanol–water partition coefficient (Wildman–Crippen LogP) is 2.16. The summed E-state index contributed by atoms with van der Waals surface area (Å²) >= 11 is 0. The van der Waals surface area contributed by atoms with Crippen molar-refractivity contribution in [1.82, 2.24) is 29.5 Å². The molecule has 0 bridgehead atoms. The highest BCUT2D eigenvalue weighted by atomic mass is 16.2. The molecule has 7 nitrogen and oxygen atoms in total. The number of aryl methyl sites for hydroxylation is 2. The van der Waals surface area contributed by atoms with Gasteiger partial charge in [-0.15, -0.1) is 10.2 Å². The topological polar surface area (TPSA) is 76.3 Å². The molecule has 1 saturated heterocycles. The number of carbonyl (C=O) groups is 1. The number of amides is 1. The van der Waals surface area contributed by atoms with Crippen LogP contribution in [0.1, 0.15) is 46.5 Å². The molecule has 1 amide bonds. The average Bonchev–Trinajstić information content (AvgIpc) is 3.05. The van der Waals surface area contributed by atoms with Crippen molar-refractivity contribution in [3.63, 3.8) is 0 Å². The fourth-order valence-corrected chi connectivity index (χ4v) is 3.44. The number of piperidine rings is 1. The van der Waals surface area contributed by atoms with E-state index in [9.17, 15) is 4.79 Å². The van der Waals surface area contributed by atoms with Gasteiger partial charge in [0.2, 0.25) is 0 Å². The molecule has 128 valence electrons. The third-order valence-corrected chi connectivity index (χ3v) is 4.82. The van der Waals surface area contributed by atoms with Gasteiger partial charge in [-0.1, -0.05) is 6.07 Å². The smallest absolute Gasteiger partial charge is 0.257 e. The number of likely N-dealkylation sites (tertiary alicyclic amines) is 1. The van der Waals surface area contributed by atoms with Crippen LogP contribution in [-0.2, 0) is 0 Å². The molecule has 0 radical (unpaired) electrons. The summed E-state index contributed by atoms with van der Waals surface area (Å²) in [6, 6.07) is 5.90. The lowest BCUT2D eigenvalue weighted by molar-refractivity contribution is 0.0709. The molecule has 0 unspecified atom stereocenters. The first kappa shape index (κ1) is 15.7. The Bertz CT molecular complexity index is 926. The summed E-state index contributed by atoms with van der Waals surface area (Å²) in [5.41, 5.74) is 2.20. The summed E-state index contributed by atoms with van der Waals surface area (Å²) in [5.74, 6) is 2.00. The van der Waals surface area contributed by atoms with E-state index in [2.05, 4.69) is 20.2 Å². The molecule has 0 aromatic carbocycles.